The Morgan fingerprint density at radius 2 is 2.07 bits per heavy atom. The number of anilines is 1. The Labute approximate surface area is 171 Å². The molecule has 146 valence electrons. The van der Waals surface area contributed by atoms with Gasteiger partial charge in [0.15, 0.2) is 11.6 Å². The molecule has 3 aromatic rings. The van der Waals surface area contributed by atoms with Gasteiger partial charge in [-0.1, -0.05) is 23.9 Å². The van der Waals surface area contributed by atoms with Crippen LogP contribution >= 0.6 is 27.7 Å². The summed E-state index contributed by atoms with van der Waals surface area (Å²) >= 11 is 4.03. The molecule has 0 atom stereocenters. The normalized spacial score (nSPS) is 10.7. The van der Waals surface area contributed by atoms with Crippen LogP contribution in [-0.2, 0) is 4.79 Å². The first-order valence-corrected chi connectivity index (χ1v) is 9.59. The van der Waals surface area contributed by atoms with Gasteiger partial charge in [-0.3, -0.25) is 4.79 Å². The predicted molar refractivity (Wildman–Crippen MR) is 106 cm³/mol. The molecule has 0 fully saturated rings. The highest BCUT2D eigenvalue weighted by Gasteiger charge is 2.18. The molecule has 11 heteroatoms. The molecule has 0 spiro atoms. The third kappa shape index (κ3) is 4.25. The van der Waals surface area contributed by atoms with Crippen molar-refractivity contribution >= 4 is 39.3 Å². The molecule has 3 rings (SSSR count). The van der Waals surface area contributed by atoms with Crippen molar-refractivity contribution in [2.24, 2.45) is 0 Å². The van der Waals surface area contributed by atoms with Gasteiger partial charge >= 0.3 is 0 Å². The largest absolute Gasteiger partial charge is 0.496 e. The third-order valence-corrected chi connectivity index (χ3v) is 5.18. The SMILES string of the molecule is COc1ccccc1-c1nnc(SCC(=O)Nc2c(F)cc(F)cc2Br)n1N. The van der Waals surface area contributed by atoms with Crippen LogP contribution in [0.15, 0.2) is 46.0 Å². The van der Waals surface area contributed by atoms with Gasteiger partial charge in [0.25, 0.3) is 0 Å². The fourth-order valence-electron chi connectivity index (χ4n) is 2.36. The van der Waals surface area contributed by atoms with Crippen molar-refractivity contribution in [2.45, 2.75) is 5.16 Å². The molecule has 0 aliphatic rings. The van der Waals surface area contributed by atoms with Crippen molar-refractivity contribution in [3.8, 4) is 17.1 Å². The second-order valence-corrected chi connectivity index (χ2v) is 7.25. The minimum Gasteiger partial charge on any atom is -0.496 e. The topological polar surface area (TPSA) is 95.1 Å². The minimum atomic E-state index is -0.884. The molecule has 0 aliphatic carbocycles. The summed E-state index contributed by atoms with van der Waals surface area (Å²) in [5.41, 5.74) is 0.504. The molecule has 28 heavy (non-hydrogen) atoms. The average Bonchev–Trinajstić information content (AvgIpc) is 3.03. The second-order valence-electron chi connectivity index (χ2n) is 5.46. The van der Waals surface area contributed by atoms with E-state index in [2.05, 4.69) is 31.4 Å². The molecule has 7 nitrogen and oxygen atoms in total. The number of thioether (sulfide) groups is 1. The Balaban J connectivity index is 1.71. The number of carbonyl (C=O) groups is 1. The monoisotopic (exact) mass is 469 g/mol. The smallest absolute Gasteiger partial charge is 0.234 e. The molecule has 1 heterocycles. The summed E-state index contributed by atoms with van der Waals surface area (Å²) in [6.45, 7) is 0. The lowest BCUT2D eigenvalue weighted by atomic mass is 10.2. The maximum atomic E-state index is 13.8. The van der Waals surface area contributed by atoms with Gasteiger partial charge in [-0.15, -0.1) is 10.2 Å². The summed E-state index contributed by atoms with van der Waals surface area (Å²) in [4.78, 5) is 12.1. The van der Waals surface area contributed by atoms with Crippen molar-refractivity contribution in [3.63, 3.8) is 0 Å². The molecule has 3 N–H and O–H groups in total. The quantitative estimate of drug-likeness (QED) is 0.424. The third-order valence-electron chi connectivity index (χ3n) is 3.62. The van der Waals surface area contributed by atoms with Crippen LogP contribution in [0, 0.1) is 11.6 Å². The van der Waals surface area contributed by atoms with E-state index in [-0.39, 0.29) is 21.1 Å². The van der Waals surface area contributed by atoms with Crippen LogP contribution in [0.2, 0.25) is 0 Å². The zero-order chi connectivity index (χ0) is 20.3. The Bertz CT molecular complexity index is 1010. The van der Waals surface area contributed by atoms with Gasteiger partial charge in [-0.25, -0.2) is 13.5 Å². The number of nitrogen functional groups attached to an aromatic ring is 1. The lowest BCUT2D eigenvalue weighted by Gasteiger charge is -2.09. The molecule has 1 aromatic heterocycles. The van der Waals surface area contributed by atoms with E-state index in [0.717, 1.165) is 17.8 Å². The highest BCUT2D eigenvalue weighted by Crippen LogP contribution is 2.30. The first-order chi connectivity index (χ1) is 13.4. The number of hydrogen-bond donors (Lipinski definition) is 2. The molecule has 0 bridgehead atoms. The lowest BCUT2D eigenvalue weighted by molar-refractivity contribution is -0.113. The molecular formula is C17H14BrF2N5O2S. The molecule has 0 saturated heterocycles. The van der Waals surface area contributed by atoms with Crippen LogP contribution in [0.25, 0.3) is 11.4 Å². The number of para-hydroxylation sites is 1. The van der Waals surface area contributed by atoms with E-state index >= 15 is 0 Å². The molecule has 0 unspecified atom stereocenters. The number of carbonyl (C=O) groups excluding carboxylic acids is 1. The number of nitrogens with zero attached hydrogens (tertiary/aromatic N) is 3. The zero-order valence-corrected chi connectivity index (χ0v) is 16.9. The van der Waals surface area contributed by atoms with Gasteiger partial charge in [0.1, 0.15) is 11.6 Å². The van der Waals surface area contributed by atoms with Gasteiger partial charge in [0.05, 0.1) is 24.1 Å². The average molecular weight is 470 g/mol. The number of amides is 1. The zero-order valence-electron chi connectivity index (χ0n) is 14.4. The van der Waals surface area contributed by atoms with Crippen LogP contribution in [0.4, 0.5) is 14.5 Å². The lowest BCUT2D eigenvalue weighted by Crippen LogP contribution is -2.17. The first-order valence-electron chi connectivity index (χ1n) is 7.81. The van der Waals surface area contributed by atoms with Gasteiger partial charge in [0, 0.05) is 10.5 Å². The van der Waals surface area contributed by atoms with Crippen molar-refractivity contribution in [2.75, 3.05) is 24.0 Å². The number of nitrogens with one attached hydrogen (secondary N) is 1. The van der Waals surface area contributed by atoms with Crippen molar-refractivity contribution in [1.82, 2.24) is 14.9 Å². The van der Waals surface area contributed by atoms with Crippen LogP contribution in [0.1, 0.15) is 0 Å². The number of ether oxygens (including phenoxy) is 1. The fraction of sp³-hybridized carbons (Fsp3) is 0.118. The van der Waals surface area contributed by atoms with Gasteiger partial charge < -0.3 is 15.9 Å². The van der Waals surface area contributed by atoms with E-state index in [0.29, 0.717) is 23.2 Å². The second kappa shape index (κ2) is 8.57. The molecular weight excluding hydrogens is 456 g/mol. The number of nitrogens with two attached hydrogens (primary N) is 1. The maximum absolute atomic E-state index is 13.8. The number of aromatic nitrogens is 3. The number of rotatable bonds is 6. The summed E-state index contributed by atoms with van der Waals surface area (Å²) in [6, 6.07) is 8.90. The predicted octanol–water partition coefficient (Wildman–Crippen LogP) is 3.44. The van der Waals surface area contributed by atoms with E-state index < -0.39 is 17.5 Å². The van der Waals surface area contributed by atoms with E-state index in [1.807, 2.05) is 12.1 Å². The van der Waals surface area contributed by atoms with Crippen molar-refractivity contribution in [1.29, 1.82) is 0 Å². The Morgan fingerprint density at radius 1 is 1.32 bits per heavy atom. The van der Waals surface area contributed by atoms with Gasteiger partial charge in [-0.05, 0) is 34.1 Å². The van der Waals surface area contributed by atoms with Crippen LogP contribution in [0.5, 0.6) is 5.75 Å². The summed E-state index contributed by atoms with van der Waals surface area (Å²) in [5, 5.41) is 10.7. The minimum absolute atomic E-state index is 0.101. The number of methoxy groups -OCH3 is 1. The maximum Gasteiger partial charge on any atom is 0.234 e. The Kier molecular flexibility index (Phi) is 6.15. The summed E-state index contributed by atoms with van der Waals surface area (Å²) < 4.78 is 33.6. The van der Waals surface area contributed by atoms with Crippen molar-refractivity contribution in [3.05, 3.63) is 52.5 Å². The molecule has 0 aliphatic heterocycles. The fourth-order valence-corrected chi connectivity index (χ4v) is 3.52. The molecule has 0 radical (unpaired) electrons. The van der Waals surface area contributed by atoms with Gasteiger partial charge in [-0.2, -0.15) is 0 Å². The van der Waals surface area contributed by atoms with E-state index in [9.17, 15) is 13.6 Å². The first kappa shape index (κ1) is 20.1. The Morgan fingerprint density at radius 3 is 2.79 bits per heavy atom. The van der Waals surface area contributed by atoms with Gasteiger partial charge in [0.2, 0.25) is 11.1 Å². The summed E-state index contributed by atoms with van der Waals surface area (Å²) in [7, 11) is 1.53. The Hall–Kier alpha value is -2.66. The van der Waals surface area contributed by atoms with Crippen LogP contribution < -0.4 is 15.9 Å². The van der Waals surface area contributed by atoms with Crippen LogP contribution in [-0.4, -0.2) is 33.6 Å². The van der Waals surface area contributed by atoms with Crippen molar-refractivity contribution < 1.29 is 18.3 Å². The molecule has 0 saturated carbocycles. The highest BCUT2D eigenvalue weighted by molar-refractivity contribution is 9.10. The number of hydrogen-bond acceptors (Lipinski definition) is 6. The molecule has 2 aromatic carbocycles. The van der Waals surface area contributed by atoms with E-state index in [1.54, 1.807) is 12.1 Å². The number of benzene rings is 2. The molecule has 1 amide bonds. The van der Waals surface area contributed by atoms with E-state index in [1.165, 1.54) is 11.8 Å². The summed E-state index contributed by atoms with van der Waals surface area (Å²) in [6.07, 6.45) is 0. The van der Waals surface area contributed by atoms with E-state index in [4.69, 9.17) is 10.6 Å². The standard InChI is InChI=1S/C17H14BrF2N5O2S/c1-27-13-5-3-2-4-10(13)16-23-24-17(25(16)21)28-8-14(26)22-15-11(18)6-9(19)7-12(15)20/h2-7H,8,21H2,1H3,(H,22,26). The summed E-state index contributed by atoms with van der Waals surface area (Å²) in [5.74, 6) is 4.72. The highest BCUT2D eigenvalue weighted by atomic mass is 79.9. The van der Waals surface area contributed by atoms with Crippen LogP contribution in [0.3, 0.4) is 0 Å². The number of halogens is 3.